The first-order chi connectivity index (χ1) is 5.36. The average molecular weight is 166 g/mol. The van der Waals surface area contributed by atoms with E-state index >= 15 is 0 Å². The maximum atomic E-state index is 8.34. The molecule has 0 aromatic carbocycles. The van der Waals surface area contributed by atoms with E-state index in [4.69, 9.17) is 10.00 Å². The van der Waals surface area contributed by atoms with Gasteiger partial charge in [-0.05, 0) is 17.8 Å². The van der Waals surface area contributed by atoms with Crippen LogP contribution >= 0.6 is 11.8 Å². The molecule has 0 bridgehead atoms. The standard InChI is InChI=1S/C7H6N2OS/c1-10-7-4-6(11-5-8)2-3-9-7/h2-4H,1H3. The Bertz CT molecular complexity index is 282. The second-order valence-corrected chi connectivity index (χ2v) is 2.59. The quantitative estimate of drug-likeness (QED) is 0.495. The SMILES string of the molecule is COc1cc(SC#N)ccn1. The van der Waals surface area contributed by atoms with Gasteiger partial charge in [-0.25, -0.2) is 4.98 Å². The molecule has 0 atom stereocenters. The second-order valence-electron chi connectivity index (χ2n) is 1.73. The molecule has 11 heavy (non-hydrogen) atoms. The monoisotopic (exact) mass is 166 g/mol. The molecule has 1 heterocycles. The first-order valence-electron chi connectivity index (χ1n) is 2.93. The zero-order valence-electron chi connectivity index (χ0n) is 5.94. The normalized spacial score (nSPS) is 8.73. The minimum absolute atomic E-state index is 0.533. The number of ether oxygens (including phenoxy) is 1. The third-order valence-electron chi connectivity index (χ3n) is 1.08. The summed E-state index contributed by atoms with van der Waals surface area (Å²) in [6, 6.07) is 3.48. The third kappa shape index (κ3) is 2.13. The molecule has 0 amide bonds. The fourth-order valence-electron chi connectivity index (χ4n) is 0.619. The van der Waals surface area contributed by atoms with Crippen LogP contribution in [0.1, 0.15) is 0 Å². The number of thioether (sulfide) groups is 1. The molecule has 1 rings (SSSR count). The summed E-state index contributed by atoms with van der Waals surface area (Å²) in [5.74, 6) is 0.533. The van der Waals surface area contributed by atoms with Crippen molar-refractivity contribution in [2.75, 3.05) is 7.11 Å². The van der Waals surface area contributed by atoms with Gasteiger partial charge in [0, 0.05) is 17.2 Å². The van der Waals surface area contributed by atoms with Crippen molar-refractivity contribution in [2.45, 2.75) is 4.90 Å². The Morgan fingerprint density at radius 2 is 2.55 bits per heavy atom. The van der Waals surface area contributed by atoms with E-state index in [1.807, 2.05) is 5.40 Å². The summed E-state index contributed by atoms with van der Waals surface area (Å²) in [4.78, 5) is 4.74. The molecule has 1 aromatic heterocycles. The topological polar surface area (TPSA) is 45.9 Å². The molecule has 0 unspecified atom stereocenters. The molecule has 0 fully saturated rings. The van der Waals surface area contributed by atoms with E-state index in [0.717, 1.165) is 16.7 Å². The average Bonchev–Trinajstić information content (AvgIpc) is 2.06. The molecule has 0 aliphatic heterocycles. The number of hydrogen-bond acceptors (Lipinski definition) is 4. The number of aromatic nitrogens is 1. The van der Waals surface area contributed by atoms with Gasteiger partial charge in [-0.1, -0.05) is 0 Å². The fourth-order valence-corrected chi connectivity index (χ4v) is 1.01. The van der Waals surface area contributed by atoms with Crippen LogP contribution in [0, 0.1) is 10.7 Å². The van der Waals surface area contributed by atoms with Gasteiger partial charge in [-0.2, -0.15) is 5.26 Å². The Morgan fingerprint density at radius 1 is 1.73 bits per heavy atom. The van der Waals surface area contributed by atoms with Gasteiger partial charge in [-0.15, -0.1) is 0 Å². The van der Waals surface area contributed by atoms with Gasteiger partial charge in [0.1, 0.15) is 5.40 Å². The lowest BCUT2D eigenvalue weighted by molar-refractivity contribution is 0.396. The van der Waals surface area contributed by atoms with Crippen LogP contribution in [0.25, 0.3) is 0 Å². The lowest BCUT2D eigenvalue weighted by Gasteiger charge is -1.97. The van der Waals surface area contributed by atoms with Crippen LogP contribution in [-0.4, -0.2) is 12.1 Å². The number of hydrogen-bond donors (Lipinski definition) is 0. The summed E-state index contributed by atoms with van der Waals surface area (Å²) in [6.45, 7) is 0. The Morgan fingerprint density at radius 3 is 3.18 bits per heavy atom. The number of rotatable bonds is 2. The number of thiocyanates is 1. The van der Waals surface area contributed by atoms with Gasteiger partial charge in [0.2, 0.25) is 5.88 Å². The van der Waals surface area contributed by atoms with Crippen LogP contribution in [0.5, 0.6) is 5.88 Å². The van der Waals surface area contributed by atoms with Crippen LogP contribution in [0.2, 0.25) is 0 Å². The van der Waals surface area contributed by atoms with Crippen molar-refractivity contribution in [1.82, 2.24) is 4.98 Å². The zero-order chi connectivity index (χ0) is 8.10. The highest BCUT2D eigenvalue weighted by Gasteiger charge is 1.95. The fraction of sp³-hybridized carbons (Fsp3) is 0.143. The first kappa shape index (κ1) is 7.89. The molecule has 1 aromatic rings. The van der Waals surface area contributed by atoms with E-state index in [2.05, 4.69) is 4.98 Å². The van der Waals surface area contributed by atoms with Crippen molar-refractivity contribution in [3.8, 4) is 11.3 Å². The molecule has 0 radical (unpaired) electrons. The minimum Gasteiger partial charge on any atom is -0.481 e. The van der Waals surface area contributed by atoms with Gasteiger partial charge < -0.3 is 4.74 Å². The molecule has 0 saturated carbocycles. The largest absolute Gasteiger partial charge is 0.481 e. The maximum absolute atomic E-state index is 8.34. The van der Waals surface area contributed by atoms with Gasteiger partial charge in [0.25, 0.3) is 0 Å². The van der Waals surface area contributed by atoms with E-state index in [9.17, 15) is 0 Å². The van der Waals surface area contributed by atoms with Crippen molar-refractivity contribution in [2.24, 2.45) is 0 Å². The Balaban J connectivity index is 2.84. The lowest BCUT2D eigenvalue weighted by Crippen LogP contribution is -1.85. The first-order valence-corrected chi connectivity index (χ1v) is 3.74. The minimum atomic E-state index is 0.533. The molecular formula is C7H6N2OS. The van der Waals surface area contributed by atoms with Gasteiger partial charge in [0.05, 0.1) is 7.11 Å². The molecule has 0 spiro atoms. The summed E-state index contributed by atoms with van der Waals surface area (Å²) >= 11 is 1.09. The van der Waals surface area contributed by atoms with Crippen molar-refractivity contribution < 1.29 is 4.74 Å². The second kappa shape index (κ2) is 3.84. The predicted molar refractivity (Wildman–Crippen MR) is 42.3 cm³/mol. The predicted octanol–water partition coefficient (Wildman–Crippen LogP) is 1.66. The van der Waals surface area contributed by atoms with Crippen LogP contribution in [-0.2, 0) is 0 Å². The molecule has 0 aliphatic rings. The molecule has 0 saturated heterocycles. The Hall–Kier alpha value is -1.21. The highest BCUT2D eigenvalue weighted by Crippen LogP contribution is 2.18. The Kier molecular flexibility index (Phi) is 2.75. The van der Waals surface area contributed by atoms with Crippen molar-refractivity contribution in [3.63, 3.8) is 0 Å². The van der Waals surface area contributed by atoms with E-state index in [1.165, 1.54) is 0 Å². The van der Waals surface area contributed by atoms with Gasteiger partial charge >= 0.3 is 0 Å². The van der Waals surface area contributed by atoms with E-state index in [1.54, 1.807) is 25.4 Å². The summed E-state index contributed by atoms with van der Waals surface area (Å²) in [6.07, 6.45) is 1.61. The third-order valence-corrected chi connectivity index (χ3v) is 1.66. The molecular weight excluding hydrogens is 160 g/mol. The molecule has 4 heteroatoms. The number of nitrogens with zero attached hydrogens (tertiary/aromatic N) is 2. The maximum Gasteiger partial charge on any atom is 0.214 e. The lowest BCUT2D eigenvalue weighted by atomic mass is 10.5. The van der Waals surface area contributed by atoms with E-state index in [0.29, 0.717) is 5.88 Å². The van der Waals surface area contributed by atoms with Crippen LogP contribution in [0.15, 0.2) is 23.2 Å². The summed E-state index contributed by atoms with van der Waals surface area (Å²) in [5.41, 5.74) is 0. The van der Waals surface area contributed by atoms with Crippen LogP contribution < -0.4 is 4.74 Å². The Labute approximate surface area is 69.0 Å². The van der Waals surface area contributed by atoms with E-state index < -0.39 is 0 Å². The van der Waals surface area contributed by atoms with Crippen LogP contribution in [0.4, 0.5) is 0 Å². The van der Waals surface area contributed by atoms with Crippen molar-refractivity contribution >= 4 is 11.8 Å². The summed E-state index contributed by atoms with van der Waals surface area (Å²) < 4.78 is 4.87. The number of pyridine rings is 1. The summed E-state index contributed by atoms with van der Waals surface area (Å²) in [5, 5.41) is 10.3. The summed E-state index contributed by atoms with van der Waals surface area (Å²) in [7, 11) is 1.54. The van der Waals surface area contributed by atoms with Crippen molar-refractivity contribution in [3.05, 3.63) is 18.3 Å². The highest BCUT2D eigenvalue weighted by atomic mass is 32.2. The highest BCUT2D eigenvalue weighted by molar-refractivity contribution is 8.03. The van der Waals surface area contributed by atoms with Gasteiger partial charge in [-0.3, -0.25) is 0 Å². The van der Waals surface area contributed by atoms with Crippen LogP contribution in [0.3, 0.4) is 0 Å². The number of nitriles is 1. The van der Waals surface area contributed by atoms with Gasteiger partial charge in [0.15, 0.2) is 0 Å². The molecule has 0 N–H and O–H groups in total. The zero-order valence-corrected chi connectivity index (χ0v) is 6.76. The van der Waals surface area contributed by atoms with E-state index in [-0.39, 0.29) is 0 Å². The number of methoxy groups -OCH3 is 1. The smallest absolute Gasteiger partial charge is 0.214 e. The molecule has 0 aliphatic carbocycles. The van der Waals surface area contributed by atoms with Crippen molar-refractivity contribution in [1.29, 1.82) is 5.26 Å². The molecule has 3 nitrogen and oxygen atoms in total. The molecule has 56 valence electrons.